The van der Waals surface area contributed by atoms with Crippen LogP contribution in [0.2, 0.25) is 0 Å². The first-order valence-corrected chi connectivity index (χ1v) is 11.5. The van der Waals surface area contributed by atoms with E-state index >= 15 is 0 Å². The van der Waals surface area contributed by atoms with Crippen LogP contribution in [0.15, 0.2) is 51.7 Å². The Balaban J connectivity index is 1.59. The molecular weight excluding hydrogens is 452 g/mol. The van der Waals surface area contributed by atoms with Gasteiger partial charge in [0, 0.05) is 32.2 Å². The largest absolute Gasteiger partial charge is 0.497 e. The smallest absolute Gasteiger partial charge is 0.337 e. The van der Waals surface area contributed by atoms with Crippen molar-refractivity contribution in [1.82, 2.24) is 9.80 Å². The van der Waals surface area contributed by atoms with Crippen LogP contribution in [0, 0.1) is 0 Å². The molecule has 0 radical (unpaired) electrons. The molecule has 3 aromatic rings. The van der Waals surface area contributed by atoms with Gasteiger partial charge in [-0.1, -0.05) is 12.1 Å². The Morgan fingerprint density at radius 2 is 1.77 bits per heavy atom. The third kappa shape index (κ3) is 4.17. The van der Waals surface area contributed by atoms with E-state index in [9.17, 15) is 14.4 Å². The first-order chi connectivity index (χ1) is 17.0. The molecule has 1 atom stereocenters. The van der Waals surface area contributed by atoms with Gasteiger partial charge in [-0.3, -0.25) is 14.5 Å². The summed E-state index contributed by atoms with van der Waals surface area (Å²) in [6.07, 6.45) is 0. The molecule has 0 aliphatic carbocycles. The van der Waals surface area contributed by atoms with Crippen molar-refractivity contribution in [3.63, 3.8) is 0 Å². The number of hydrogen-bond donors (Lipinski definition) is 0. The van der Waals surface area contributed by atoms with E-state index in [-0.39, 0.29) is 17.1 Å². The molecule has 0 N–H and O–H groups in total. The Labute approximate surface area is 201 Å². The average molecular weight is 479 g/mol. The van der Waals surface area contributed by atoms with E-state index in [0.717, 1.165) is 13.1 Å². The molecule has 35 heavy (non-hydrogen) atoms. The molecule has 0 saturated carbocycles. The van der Waals surface area contributed by atoms with Gasteiger partial charge in [-0.2, -0.15) is 0 Å². The highest BCUT2D eigenvalue weighted by Crippen LogP contribution is 2.38. The molecule has 2 aromatic carbocycles. The van der Waals surface area contributed by atoms with Crippen LogP contribution in [0.3, 0.4) is 0 Å². The van der Waals surface area contributed by atoms with Gasteiger partial charge in [-0.05, 0) is 29.8 Å². The summed E-state index contributed by atoms with van der Waals surface area (Å²) in [5.41, 5.74) is 1.45. The molecule has 0 unspecified atom stereocenters. The van der Waals surface area contributed by atoms with Gasteiger partial charge in [0.15, 0.2) is 5.43 Å². The number of carbonyl (C=O) groups excluding carboxylic acids is 2. The van der Waals surface area contributed by atoms with Gasteiger partial charge in [0.2, 0.25) is 5.76 Å². The highest BCUT2D eigenvalue weighted by atomic mass is 16.5. The zero-order valence-corrected chi connectivity index (χ0v) is 19.6. The van der Waals surface area contributed by atoms with Crippen LogP contribution >= 0.6 is 0 Å². The van der Waals surface area contributed by atoms with Crippen LogP contribution in [0.4, 0.5) is 0 Å². The molecule has 182 valence electrons. The minimum Gasteiger partial charge on any atom is -0.497 e. The Morgan fingerprint density at radius 1 is 1.03 bits per heavy atom. The number of fused-ring (bicyclic) bond motifs is 2. The van der Waals surface area contributed by atoms with Crippen molar-refractivity contribution in [3.8, 4) is 5.75 Å². The summed E-state index contributed by atoms with van der Waals surface area (Å²) in [6, 6.07) is 11.1. The van der Waals surface area contributed by atoms with E-state index in [1.165, 1.54) is 14.2 Å². The van der Waals surface area contributed by atoms with Crippen molar-refractivity contribution in [2.24, 2.45) is 0 Å². The number of hydrogen-bond acceptors (Lipinski definition) is 8. The predicted octanol–water partition coefficient (Wildman–Crippen LogP) is 2.47. The summed E-state index contributed by atoms with van der Waals surface area (Å²) in [7, 11) is 2.85. The molecule has 5 rings (SSSR count). The lowest BCUT2D eigenvalue weighted by molar-refractivity contribution is 0.0314. The van der Waals surface area contributed by atoms with Crippen molar-refractivity contribution in [1.29, 1.82) is 0 Å². The fraction of sp³-hybridized carbons (Fsp3) is 0.346. The van der Waals surface area contributed by atoms with Crippen molar-refractivity contribution in [2.45, 2.75) is 6.04 Å². The van der Waals surface area contributed by atoms with E-state index < -0.39 is 12.0 Å². The maximum absolute atomic E-state index is 13.6. The minimum atomic E-state index is -0.631. The van der Waals surface area contributed by atoms with Crippen LogP contribution in [0.1, 0.15) is 38.1 Å². The fourth-order valence-corrected chi connectivity index (χ4v) is 4.70. The second-order valence-electron chi connectivity index (χ2n) is 8.50. The number of methoxy groups -OCH3 is 2. The molecule has 9 nitrogen and oxygen atoms in total. The standard InChI is InChI=1S/C26H26N2O7/c1-32-18-7-8-19-20(15-18)35-24-21(23(19)29)22(16-3-5-17(6-4-16)26(31)33-2)28(25(24)30)10-9-27-11-13-34-14-12-27/h3-8,15,22H,9-14H2,1-2H3/t22-/m1/s1. The molecule has 9 heteroatoms. The number of esters is 1. The third-order valence-electron chi connectivity index (χ3n) is 6.58. The lowest BCUT2D eigenvalue weighted by Gasteiger charge is -2.31. The van der Waals surface area contributed by atoms with Crippen molar-refractivity contribution in [2.75, 3.05) is 53.6 Å². The molecular formula is C26H26N2O7. The normalized spacial score (nSPS) is 18.1. The molecule has 0 spiro atoms. The van der Waals surface area contributed by atoms with E-state index in [2.05, 4.69) is 4.90 Å². The second-order valence-corrected chi connectivity index (χ2v) is 8.50. The van der Waals surface area contributed by atoms with Gasteiger partial charge in [0.05, 0.1) is 50.0 Å². The van der Waals surface area contributed by atoms with E-state index in [1.54, 1.807) is 47.4 Å². The quantitative estimate of drug-likeness (QED) is 0.499. The number of rotatable bonds is 6. The van der Waals surface area contributed by atoms with Crippen LogP contribution in [-0.2, 0) is 9.47 Å². The number of morpholine rings is 1. The van der Waals surface area contributed by atoms with E-state index in [4.69, 9.17) is 18.6 Å². The molecule has 1 amide bonds. The minimum absolute atomic E-state index is 0.0415. The summed E-state index contributed by atoms with van der Waals surface area (Å²) in [4.78, 5) is 43.0. The SMILES string of the molecule is COC(=O)c1ccc([C@@H]2c3c(oc4cc(OC)ccc4c3=O)C(=O)N2CCN2CCOCC2)cc1. The highest BCUT2D eigenvalue weighted by molar-refractivity contribution is 5.99. The third-order valence-corrected chi connectivity index (χ3v) is 6.58. The monoisotopic (exact) mass is 478 g/mol. The van der Waals surface area contributed by atoms with Crippen LogP contribution < -0.4 is 10.2 Å². The van der Waals surface area contributed by atoms with Crippen LogP contribution in [-0.4, -0.2) is 75.3 Å². The summed E-state index contributed by atoms with van der Waals surface area (Å²) in [6.45, 7) is 3.93. The molecule has 1 aromatic heterocycles. The Kier molecular flexibility index (Phi) is 6.27. The number of nitrogens with zero attached hydrogens (tertiary/aromatic N) is 2. The van der Waals surface area contributed by atoms with Crippen molar-refractivity contribution < 1.29 is 28.2 Å². The summed E-state index contributed by atoms with van der Waals surface area (Å²) in [5.74, 6) is -0.217. The Morgan fingerprint density at radius 3 is 2.46 bits per heavy atom. The van der Waals surface area contributed by atoms with Crippen molar-refractivity contribution in [3.05, 3.63) is 75.1 Å². The first kappa shape index (κ1) is 23.1. The fourth-order valence-electron chi connectivity index (χ4n) is 4.70. The molecule has 2 aliphatic heterocycles. The van der Waals surface area contributed by atoms with E-state index in [0.29, 0.717) is 59.7 Å². The lowest BCUT2D eigenvalue weighted by atomic mass is 9.97. The Hall–Kier alpha value is -3.69. The second kappa shape index (κ2) is 9.52. The molecule has 0 bridgehead atoms. The van der Waals surface area contributed by atoms with Gasteiger partial charge in [-0.25, -0.2) is 4.79 Å². The highest BCUT2D eigenvalue weighted by Gasteiger charge is 2.42. The molecule has 3 heterocycles. The van der Waals surface area contributed by atoms with Gasteiger partial charge in [0.25, 0.3) is 5.91 Å². The van der Waals surface area contributed by atoms with Crippen molar-refractivity contribution >= 4 is 22.8 Å². The maximum Gasteiger partial charge on any atom is 0.337 e. The number of ether oxygens (including phenoxy) is 3. The molecule has 2 aliphatic rings. The predicted molar refractivity (Wildman–Crippen MR) is 127 cm³/mol. The number of benzene rings is 2. The van der Waals surface area contributed by atoms with Gasteiger partial charge < -0.3 is 23.5 Å². The summed E-state index contributed by atoms with van der Waals surface area (Å²) < 4.78 is 21.5. The van der Waals surface area contributed by atoms with E-state index in [1.807, 2.05) is 0 Å². The maximum atomic E-state index is 13.6. The zero-order chi connectivity index (χ0) is 24.5. The van der Waals surface area contributed by atoms with Gasteiger partial charge in [-0.15, -0.1) is 0 Å². The summed E-state index contributed by atoms with van der Waals surface area (Å²) in [5, 5.41) is 0.378. The van der Waals surface area contributed by atoms with Gasteiger partial charge in [0.1, 0.15) is 11.3 Å². The summed E-state index contributed by atoms with van der Waals surface area (Å²) >= 11 is 0. The molecule has 1 saturated heterocycles. The topological polar surface area (TPSA) is 98.5 Å². The number of amides is 1. The van der Waals surface area contributed by atoms with Crippen LogP contribution in [0.25, 0.3) is 11.0 Å². The zero-order valence-electron chi connectivity index (χ0n) is 19.6. The van der Waals surface area contributed by atoms with Crippen LogP contribution in [0.5, 0.6) is 5.75 Å². The average Bonchev–Trinajstić information content (AvgIpc) is 3.18. The number of carbonyl (C=O) groups is 2. The lowest BCUT2D eigenvalue weighted by Crippen LogP contribution is -2.42. The van der Waals surface area contributed by atoms with Gasteiger partial charge >= 0.3 is 5.97 Å². The first-order valence-electron chi connectivity index (χ1n) is 11.5. The Bertz CT molecular complexity index is 1330. The molecule has 1 fully saturated rings.